The van der Waals surface area contributed by atoms with E-state index in [-0.39, 0.29) is 18.0 Å². The second kappa shape index (κ2) is 8.31. The van der Waals surface area contributed by atoms with Gasteiger partial charge >= 0.3 is 0 Å². The fourth-order valence-electron chi connectivity index (χ4n) is 4.44. The van der Waals surface area contributed by atoms with Crippen LogP contribution in [0.25, 0.3) is 10.2 Å². The van der Waals surface area contributed by atoms with Crippen molar-refractivity contribution in [3.05, 3.63) is 67.7 Å². The highest BCUT2D eigenvalue weighted by molar-refractivity contribution is 7.18. The molecule has 1 aliphatic carbocycles. The van der Waals surface area contributed by atoms with Crippen LogP contribution >= 0.6 is 22.7 Å². The van der Waals surface area contributed by atoms with Crippen LogP contribution in [0.3, 0.4) is 0 Å². The summed E-state index contributed by atoms with van der Waals surface area (Å²) in [6.45, 7) is 1.32. The number of nitrogens with zero attached hydrogens (tertiary/aromatic N) is 3. The lowest BCUT2D eigenvalue weighted by atomic mass is 10.2. The van der Waals surface area contributed by atoms with Crippen molar-refractivity contribution in [1.29, 1.82) is 0 Å². The van der Waals surface area contributed by atoms with Gasteiger partial charge in [-0.25, -0.2) is 4.98 Å². The van der Waals surface area contributed by atoms with Gasteiger partial charge in [-0.1, -0.05) is 6.07 Å². The van der Waals surface area contributed by atoms with E-state index in [1.165, 1.54) is 15.8 Å². The van der Waals surface area contributed by atoms with Gasteiger partial charge < -0.3 is 14.4 Å². The number of anilines is 1. The Morgan fingerprint density at radius 1 is 1.15 bits per heavy atom. The third-order valence-corrected chi connectivity index (χ3v) is 8.09. The summed E-state index contributed by atoms with van der Waals surface area (Å²) >= 11 is 3.19. The van der Waals surface area contributed by atoms with Crippen LogP contribution in [0.15, 0.2) is 46.8 Å². The zero-order valence-electron chi connectivity index (χ0n) is 17.8. The van der Waals surface area contributed by atoms with Crippen LogP contribution in [-0.4, -0.2) is 28.7 Å². The molecular formula is C24H21N3O4S2. The van der Waals surface area contributed by atoms with Crippen molar-refractivity contribution in [3.63, 3.8) is 0 Å². The average molecular weight is 480 g/mol. The third kappa shape index (κ3) is 3.71. The predicted molar refractivity (Wildman–Crippen MR) is 129 cm³/mol. The molecule has 0 unspecified atom stereocenters. The summed E-state index contributed by atoms with van der Waals surface area (Å²) in [5, 5.41) is 2.67. The van der Waals surface area contributed by atoms with Gasteiger partial charge in [0.25, 0.3) is 5.56 Å². The van der Waals surface area contributed by atoms with E-state index in [4.69, 9.17) is 9.47 Å². The number of benzene rings is 1. The van der Waals surface area contributed by atoms with Crippen molar-refractivity contribution < 1.29 is 14.3 Å². The zero-order valence-corrected chi connectivity index (χ0v) is 19.4. The zero-order chi connectivity index (χ0) is 22.4. The molecule has 0 fully saturated rings. The standard InChI is InChI=1S/C24H21N3O4S2/c28-21(13-26-14-25-23-22(24(26)29)17-4-1-5-20(17)33-23)27(12-16-3-2-10-32-16)15-6-7-18-19(11-15)31-9-8-30-18/h2-3,6-7,10-11,14H,1,4-5,8-9,12-13H2. The van der Waals surface area contributed by atoms with Crippen molar-refractivity contribution in [1.82, 2.24) is 9.55 Å². The van der Waals surface area contributed by atoms with Crippen molar-refractivity contribution in [2.24, 2.45) is 0 Å². The van der Waals surface area contributed by atoms with Gasteiger partial charge in [0.05, 0.1) is 18.3 Å². The molecule has 0 N–H and O–H groups in total. The molecule has 168 valence electrons. The first-order valence-corrected chi connectivity index (χ1v) is 12.6. The average Bonchev–Trinajstić information content (AvgIpc) is 3.57. The monoisotopic (exact) mass is 479 g/mol. The molecule has 1 amide bonds. The Bertz CT molecular complexity index is 1410. The summed E-state index contributed by atoms with van der Waals surface area (Å²) in [6, 6.07) is 9.47. The van der Waals surface area contributed by atoms with Crippen LogP contribution in [0.5, 0.6) is 11.5 Å². The number of aromatic nitrogens is 2. The molecule has 6 rings (SSSR count). The van der Waals surface area contributed by atoms with E-state index in [0.29, 0.717) is 42.3 Å². The second-order valence-electron chi connectivity index (χ2n) is 8.10. The van der Waals surface area contributed by atoms with Crippen LogP contribution < -0.4 is 19.9 Å². The lowest BCUT2D eigenvalue weighted by Crippen LogP contribution is -2.36. The van der Waals surface area contributed by atoms with Crippen molar-refractivity contribution in [2.75, 3.05) is 18.1 Å². The minimum Gasteiger partial charge on any atom is -0.486 e. The summed E-state index contributed by atoms with van der Waals surface area (Å²) < 4.78 is 12.8. The summed E-state index contributed by atoms with van der Waals surface area (Å²) in [5.41, 5.74) is 1.69. The number of hydrogen-bond acceptors (Lipinski definition) is 7. The lowest BCUT2D eigenvalue weighted by molar-refractivity contribution is -0.119. The third-order valence-electron chi connectivity index (χ3n) is 6.03. The number of rotatable bonds is 5. The quantitative estimate of drug-likeness (QED) is 0.432. The molecule has 0 bridgehead atoms. The summed E-state index contributed by atoms with van der Waals surface area (Å²) in [6.07, 6.45) is 4.49. The molecular weight excluding hydrogens is 458 g/mol. The minimum absolute atomic E-state index is 0.0772. The van der Waals surface area contributed by atoms with Gasteiger partial charge in [-0.2, -0.15) is 0 Å². The number of hydrogen-bond donors (Lipinski definition) is 0. The van der Waals surface area contributed by atoms with E-state index in [2.05, 4.69) is 4.98 Å². The molecule has 1 aliphatic heterocycles. The Labute approximate surface area is 197 Å². The van der Waals surface area contributed by atoms with Crippen LogP contribution in [0.1, 0.15) is 21.7 Å². The summed E-state index contributed by atoms with van der Waals surface area (Å²) in [5.74, 6) is 1.11. The second-order valence-corrected chi connectivity index (χ2v) is 10.2. The summed E-state index contributed by atoms with van der Waals surface area (Å²) in [4.78, 5) is 36.1. The first-order chi connectivity index (χ1) is 16.2. The molecule has 2 aliphatic rings. The topological polar surface area (TPSA) is 73.7 Å². The van der Waals surface area contributed by atoms with Gasteiger partial charge in [0.2, 0.25) is 5.91 Å². The molecule has 1 aromatic carbocycles. The Kier molecular flexibility index (Phi) is 5.15. The fraction of sp³-hybridized carbons (Fsp3) is 0.292. The highest BCUT2D eigenvalue weighted by Gasteiger charge is 2.24. The molecule has 9 heteroatoms. The largest absolute Gasteiger partial charge is 0.486 e. The molecule has 0 atom stereocenters. The molecule has 0 spiro atoms. The number of thiophene rings is 2. The van der Waals surface area contributed by atoms with Crippen LogP contribution in [0, 0.1) is 0 Å². The number of fused-ring (bicyclic) bond motifs is 4. The van der Waals surface area contributed by atoms with Gasteiger partial charge in [0.1, 0.15) is 24.6 Å². The predicted octanol–water partition coefficient (Wildman–Crippen LogP) is 4.01. The Morgan fingerprint density at radius 3 is 2.88 bits per heavy atom. The maximum atomic E-state index is 13.5. The molecule has 4 heterocycles. The normalized spacial score (nSPS) is 14.4. The van der Waals surface area contributed by atoms with E-state index in [1.54, 1.807) is 27.6 Å². The number of carbonyl (C=O) groups is 1. The fourth-order valence-corrected chi connectivity index (χ4v) is 6.36. The van der Waals surface area contributed by atoms with Crippen LogP contribution in [0.4, 0.5) is 5.69 Å². The summed E-state index contributed by atoms with van der Waals surface area (Å²) in [7, 11) is 0. The van der Waals surface area contributed by atoms with E-state index in [1.807, 2.05) is 35.7 Å². The van der Waals surface area contributed by atoms with E-state index >= 15 is 0 Å². The molecule has 33 heavy (non-hydrogen) atoms. The van der Waals surface area contributed by atoms with Gasteiger partial charge in [-0.3, -0.25) is 14.2 Å². The Morgan fingerprint density at radius 2 is 2.03 bits per heavy atom. The molecule has 0 saturated heterocycles. The van der Waals surface area contributed by atoms with Gasteiger partial charge in [-0.05, 0) is 48.4 Å². The molecule has 7 nitrogen and oxygen atoms in total. The Balaban J connectivity index is 1.35. The Hall–Kier alpha value is -3.17. The van der Waals surface area contributed by atoms with Crippen LogP contribution in [0.2, 0.25) is 0 Å². The van der Waals surface area contributed by atoms with Crippen molar-refractivity contribution in [3.8, 4) is 11.5 Å². The van der Waals surface area contributed by atoms with Crippen molar-refractivity contribution in [2.45, 2.75) is 32.4 Å². The first kappa shape index (κ1) is 20.4. The maximum absolute atomic E-state index is 13.5. The maximum Gasteiger partial charge on any atom is 0.262 e. The number of ether oxygens (including phenoxy) is 2. The molecule has 0 saturated carbocycles. The first-order valence-electron chi connectivity index (χ1n) is 10.9. The van der Waals surface area contributed by atoms with E-state index in [0.717, 1.165) is 34.5 Å². The molecule has 0 radical (unpaired) electrons. The molecule has 4 aromatic rings. The number of amides is 1. The van der Waals surface area contributed by atoms with Gasteiger partial charge in [-0.15, -0.1) is 22.7 Å². The smallest absolute Gasteiger partial charge is 0.262 e. The number of aryl methyl sites for hydroxylation is 2. The van der Waals surface area contributed by atoms with E-state index in [9.17, 15) is 9.59 Å². The minimum atomic E-state index is -0.185. The van der Waals surface area contributed by atoms with Gasteiger partial charge in [0.15, 0.2) is 11.5 Å². The highest BCUT2D eigenvalue weighted by atomic mass is 32.1. The van der Waals surface area contributed by atoms with Crippen molar-refractivity contribution >= 4 is 44.5 Å². The molecule has 3 aromatic heterocycles. The van der Waals surface area contributed by atoms with E-state index < -0.39 is 0 Å². The SMILES string of the molecule is O=C(Cn1cnc2sc3c(c2c1=O)CCC3)N(Cc1cccs1)c1ccc2c(c1)OCCO2. The lowest BCUT2D eigenvalue weighted by Gasteiger charge is -2.25. The highest BCUT2D eigenvalue weighted by Crippen LogP contribution is 2.36. The van der Waals surface area contributed by atoms with Crippen LogP contribution in [-0.2, 0) is 30.7 Å². The van der Waals surface area contributed by atoms with Gasteiger partial charge in [0, 0.05) is 21.5 Å². The number of carbonyl (C=O) groups excluding carboxylic acids is 1.